The Morgan fingerprint density at radius 3 is 2.68 bits per heavy atom. The van der Waals surface area contributed by atoms with Gasteiger partial charge in [-0.25, -0.2) is 4.79 Å². The van der Waals surface area contributed by atoms with Gasteiger partial charge in [0.25, 0.3) is 5.91 Å². The van der Waals surface area contributed by atoms with Gasteiger partial charge < -0.3 is 15.2 Å². The third-order valence-electron chi connectivity index (χ3n) is 3.69. The van der Waals surface area contributed by atoms with E-state index in [1.165, 1.54) is 6.07 Å². The zero-order valence-corrected chi connectivity index (χ0v) is 12.0. The number of fused-ring (bicyclic) bond motifs is 1. The van der Waals surface area contributed by atoms with Gasteiger partial charge in [-0.1, -0.05) is 30.3 Å². The summed E-state index contributed by atoms with van der Waals surface area (Å²) in [6.45, 7) is 1.76. The first-order valence-electron chi connectivity index (χ1n) is 6.94. The Morgan fingerprint density at radius 2 is 1.95 bits per heavy atom. The first kappa shape index (κ1) is 14.1. The van der Waals surface area contributed by atoms with Crippen LogP contribution in [-0.4, -0.2) is 23.1 Å². The van der Waals surface area contributed by atoms with Crippen molar-refractivity contribution in [1.29, 1.82) is 0 Å². The second kappa shape index (κ2) is 5.52. The van der Waals surface area contributed by atoms with Crippen molar-refractivity contribution in [3.05, 3.63) is 59.2 Å². The summed E-state index contributed by atoms with van der Waals surface area (Å²) in [5.74, 6) is -0.714. The number of nitrogens with one attached hydrogen (secondary N) is 1. The Bertz CT molecular complexity index is 729. The lowest BCUT2D eigenvalue weighted by molar-refractivity contribution is -0.122. The predicted octanol–water partition coefficient (Wildman–Crippen LogP) is 2.64. The van der Waals surface area contributed by atoms with E-state index in [0.29, 0.717) is 23.4 Å². The molecule has 1 unspecified atom stereocenters. The molecule has 2 aromatic rings. The summed E-state index contributed by atoms with van der Waals surface area (Å²) in [4.78, 5) is 23.7. The summed E-state index contributed by atoms with van der Waals surface area (Å²) in [6.07, 6.45) is -0.158. The third kappa shape index (κ3) is 2.53. The van der Waals surface area contributed by atoms with E-state index >= 15 is 0 Å². The minimum absolute atomic E-state index is 0.0730. The maximum Gasteiger partial charge on any atom is 0.337 e. The van der Waals surface area contributed by atoms with Crippen LogP contribution in [0.1, 0.15) is 21.5 Å². The molecule has 1 heterocycles. The molecule has 0 saturated carbocycles. The number of hydrogen-bond acceptors (Lipinski definition) is 3. The number of rotatable bonds is 3. The van der Waals surface area contributed by atoms with Gasteiger partial charge >= 0.3 is 5.97 Å². The Kier molecular flexibility index (Phi) is 3.55. The lowest BCUT2D eigenvalue weighted by Gasteiger charge is -2.15. The molecule has 22 heavy (non-hydrogen) atoms. The number of aryl methyl sites for hydroxylation is 1. The third-order valence-corrected chi connectivity index (χ3v) is 3.69. The highest BCUT2D eigenvalue weighted by Gasteiger charge is 2.29. The van der Waals surface area contributed by atoms with Crippen LogP contribution in [0.15, 0.2) is 42.5 Å². The number of carboxylic acids is 1. The molecule has 112 valence electrons. The van der Waals surface area contributed by atoms with Crippen LogP contribution in [0.2, 0.25) is 0 Å². The van der Waals surface area contributed by atoms with E-state index in [0.717, 1.165) is 5.56 Å². The molecule has 1 aliphatic heterocycles. The fraction of sp³-hybridized carbons (Fsp3) is 0.176. The molecular weight excluding hydrogens is 282 g/mol. The number of carbonyl (C=O) groups excluding carboxylic acids is 1. The number of ether oxygens (including phenoxy) is 1. The molecule has 0 spiro atoms. The van der Waals surface area contributed by atoms with Crippen LogP contribution in [0, 0.1) is 6.92 Å². The van der Waals surface area contributed by atoms with Gasteiger partial charge in [0.15, 0.2) is 6.10 Å². The lowest BCUT2D eigenvalue weighted by atomic mass is 10.1. The number of amides is 1. The molecule has 5 heteroatoms. The normalized spacial score (nSPS) is 15.8. The smallest absolute Gasteiger partial charge is 0.337 e. The number of benzene rings is 2. The number of hydrogen-bond donors (Lipinski definition) is 2. The maximum absolute atomic E-state index is 12.4. The van der Waals surface area contributed by atoms with Gasteiger partial charge in [-0.3, -0.25) is 4.79 Å². The Morgan fingerprint density at radius 1 is 1.18 bits per heavy atom. The summed E-state index contributed by atoms with van der Waals surface area (Å²) < 4.78 is 5.62. The molecule has 2 N–H and O–H groups in total. The van der Waals surface area contributed by atoms with E-state index in [1.54, 1.807) is 19.1 Å². The minimum Gasteiger partial charge on any atom is -0.480 e. The van der Waals surface area contributed by atoms with E-state index in [4.69, 9.17) is 4.74 Å². The number of aromatic carboxylic acids is 1. The van der Waals surface area contributed by atoms with Crippen molar-refractivity contribution in [2.24, 2.45) is 0 Å². The molecule has 0 aliphatic carbocycles. The molecule has 0 saturated heterocycles. The van der Waals surface area contributed by atoms with Crippen LogP contribution in [0.25, 0.3) is 0 Å². The number of para-hydroxylation sites is 2. The van der Waals surface area contributed by atoms with Gasteiger partial charge in [0.05, 0.1) is 11.3 Å². The monoisotopic (exact) mass is 297 g/mol. The molecular formula is C17H15NO4. The first-order chi connectivity index (χ1) is 10.6. The highest BCUT2D eigenvalue weighted by Crippen LogP contribution is 2.29. The molecule has 1 amide bonds. The van der Waals surface area contributed by atoms with Gasteiger partial charge in [-0.15, -0.1) is 0 Å². The van der Waals surface area contributed by atoms with Crippen molar-refractivity contribution in [3.8, 4) is 5.75 Å². The Balaban J connectivity index is 1.81. The van der Waals surface area contributed by atoms with Crippen LogP contribution >= 0.6 is 0 Å². The van der Waals surface area contributed by atoms with Crippen LogP contribution in [0.3, 0.4) is 0 Å². The molecule has 0 aromatic heterocycles. The van der Waals surface area contributed by atoms with Gasteiger partial charge in [0.2, 0.25) is 0 Å². The molecule has 0 bridgehead atoms. The van der Waals surface area contributed by atoms with Crippen molar-refractivity contribution in [1.82, 2.24) is 0 Å². The van der Waals surface area contributed by atoms with Crippen LogP contribution in [0.5, 0.6) is 5.75 Å². The van der Waals surface area contributed by atoms with Crippen molar-refractivity contribution < 1.29 is 19.4 Å². The number of anilines is 1. The summed E-state index contributed by atoms with van der Waals surface area (Å²) in [6, 6.07) is 12.4. The van der Waals surface area contributed by atoms with Crippen molar-refractivity contribution in [2.45, 2.75) is 19.4 Å². The molecule has 3 rings (SSSR count). The average Bonchev–Trinajstić information content (AvgIpc) is 2.93. The molecule has 5 nitrogen and oxygen atoms in total. The molecule has 1 atom stereocenters. The van der Waals surface area contributed by atoms with Gasteiger partial charge in [0.1, 0.15) is 5.75 Å². The zero-order chi connectivity index (χ0) is 15.7. The standard InChI is InChI=1S/C17H15NO4/c1-10-5-4-7-12(17(20)21)15(10)18-16(19)14-9-11-6-2-3-8-13(11)22-14/h2-8,14H,9H2,1H3,(H,18,19)(H,20,21). The highest BCUT2D eigenvalue weighted by atomic mass is 16.5. The summed E-state index contributed by atoms with van der Waals surface area (Å²) in [7, 11) is 0. The van der Waals surface area contributed by atoms with Crippen molar-refractivity contribution in [2.75, 3.05) is 5.32 Å². The lowest BCUT2D eigenvalue weighted by Crippen LogP contribution is -2.32. The quantitative estimate of drug-likeness (QED) is 0.913. The maximum atomic E-state index is 12.4. The topological polar surface area (TPSA) is 75.6 Å². The molecule has 0 radical (unpaired) electrons. The molecule has 0 fully saturated rings. The van der Waals surface area contributed by atoms with E-state index in [9.17, 15) is 14.7 Å². The first-order valence-corrected chi connectivity index (χ1v) is 6.94. The van der Waals surface area contributed by atoms with Crippen LogP contribution < -0.4 is 10.1 Å². The van der Waals surface area contributed by atoms with E-state index in [-0.39, 0.29) is 11.5 Å². The van der Waals surface area contributed by atoms with Crippen molar-refractivity contribution in [3.63, 3.8) is 0 Å². The fourth-order valence-electron chi connectivity index (χ4n) is 2.54. The highest BCUT2D eigenvalue weighted by molar-refractivity contribution is 6.03. The second-order valence-corrected chi connectivity index (χ2v) is 5.21. The Labute approximate surface area is 127 Å². The van der Waals surface area contributed by atoms with Gasteiger partial charge in [-0.05, 0) is 30.2 Å². The van der Waals surface area contributed by atoms with Crippen LogP contribution in [0.4, 0.5) is 5.69 Å². The van der Waals surface area contributed by atoms with E-state index in [1.807, 2.05) is 24.3 Å². The summed E-state index contributed by atoms with van der Waals surface area (Å²) in [5, 5.41) is 11.9. The SMILES string of the molecule is Cc1cccc(C(=O)O)c1NC(=O)C1Cc2ccccc2O1. The molecule has 1 aliphatic rings. The summed E-state index contributed by atoms with van der Waals surface area (Å²) >= 11 is 0. The largest absolute Gasteiger partial charge is 0.480 e. The molecule has 2 aromatic carbocycles. The number of carbonyl (C=O) groups is 2. The zero-order valence-electron chi connectivity index (χ0n) is 12.0. The van der Waals surface area contributed by atoms with Gasteiger partial charge in [-0.2, -0.15) is 0 Å². The second-order valence-electron chi connectivity index (χ2n) is 5.21. The average molecular weight is 297 g/mol. The van der Waals surface area contributed by atoms with E-state index in [2.05, 4.69) is 5.32 Å². The van der Waals surface area contributed by atoms with Gasteiger partial charge in [0, 0.05) is 6.42 Å². The predicted molar refractivity (Wildman–Crippen MR) is 81.3 cm³/mol. The van der Waals surface area contributed by atoms with Crippen LogP contribution in [-0.2, 0) is 11.2 Å². The summed E-state index contributed by atoms with van der Waals surface area (Å²) in [5.41, 5.74) is 2.07. The fourth-order valence-corrected chi connectivity index (χ4v) is 2.54. The Hall–Kier alpha value is -2.82. The number of carboxylic acid groups (broad SMARTS) is 1. The van der Waals surface area contributed by atoms with Crippen molar-refractivity contribution >= 4 is 17.6 Å². The minimum atomic E-state index is -1.07. The van der Waals surface area contributed by atoms with E-state index < -0.39 is 12.1 Å².